The van der Waals surface area contributed by atoms with Gasteiger partial charge in [-0.15, -0.1) is 13.2 Å². The summed E-state index contributed by atoms with van der Waals surface area (Å²) >= 11 is 0. The third kappa shape index (κ3) is 2.86. The van der Waals surface area contributed by atoms with E-state index >= 15 is 0 Å². The predicted octanol–water partition coefficient (Wildman–Crippen LogP) is -0.0141. The van der Waals surface area contributed by atoms with Crippen LogP contribution < -0.4 is 0 Å². The maximum atomic E-state index is 12.5. The summed E-state index contributed by atoms with van der Waals surface area (Å²) in [6, 6.07) is 0. The summed E-state index contributed by atoms with van der Waals surface area (Å²) in [7, 11) is 0. The van der Waals surface area contributed by atoms with Crippen molar-refractivity contribution in [3.63, 3.8) is 0 Å². The lowest BCUT2D eigenvalue weighted by Crippen LogP contribution is -2.72. The van der Waals surface area contributed by atoms with Crippen molar-refractivity contribution in [2.24, 2.45) is 0 Å². The van der Waals surface area contributed by atoms with Gasteiger partial charge in [0.1, 0.15) is 13.2 Å². The van der Waals surface area contributed by atoms with Crippen LogP contribution in [0.2, 0.25) is 0 Å². The van der Waals surface area contributed by atoms with Crippen molar-refractivity contribution in [3.05, 3.63) is 43.2 Å². The molecule has 3 unspecified atom stereocenters. The zero-order valence-corrected chi connectivity index (χ0v) is 10.5. The fourth-order valence-electron chi connectivity index (χ4n) is 2.08. The van der Waals surface area contributed by atoms with E-state index in [-0.39, 0.29) is 19.8 Å². The third-order valence-electron chi connectivity index (χ3n) is 2.90. The van der Waals surface area contributed by atoms with Crippen LogP contribution in [0.15, 0.2) is 38.0 Å². The van der Waals surface area contributed by atoms with Gasteiger partial charge in [0.25, 0.3) is 6.35 Å². The molecule has 0 radical (unpaired) electrons. The normalized spacial score (nSPS) is 34.2. The Bertz CT molecular complexity index is 324. The summed E-state index contributed by atoms with van der Waals surface area (Å²) < 4.78 is -0.887. The molecule has 1 aliphatic rings. The highest BCUT2D eigenvalue weighted by Gasteiger charge is 2.44. The smallest absolute Gasteiger partial charge is 0.257 e. The minimum Gasteiger partial charge on any atom is -0.629 e. The number of aliphatic hydroxyl groups is 2. The minimum absolute atomic E-state index is 0.0198. The Hall–Kier alpha value is -1.02. The molecule has 0 bridgehead atoms. The molecule has 1 heterocycles. The number of hydroxylamine groups is 3. The molecule has 0 amide bonds. The number of quaternary nitrogens is 1. The first kappa shape index (κ1) is 15.0. The molecule has 0 aliphatic carbocycles. The molecule has 1 rings (SSSR count). The molecular weight excluding hydrogens is 234 g/mol. The first-order valence-electron chi connectivity index (χ1n) is 5.76. The fourth-order valence-corrected chi connectivity index (χ4v) is 2.08. The number of rotatable bonds is 6. The van der Waals surface area contributed by atoms with Gasteiger partial charge in [-0.3, -0.25) is 0 Å². The average molecular weight is 255 g/mol. The average Bonchev–Trinajstić information content (AvgIpc) is 2.32. The Morgan fingerprint density at radius 2 is 1.78 bits per heavy atom. The summed E-state index contributed by atoms with van der Waals surface area (Å²) in [4.78, 5) is 2.83. The lowest BCUT2D eigenvalue weighted by molar-refractivity contribution is -0.957. The van der Waals surface area contributed by atoms with Crippen LogP contribution in [0.25, 0.3) is 0 Å². The van der Waals surface area contributed by atoms with Crippen LogP contribution in [0.5, 0.6) is 0 Å². The van der Waals surface area contributed by atoms with Crippen LogP contribution in [0.1, 0.15) is 0 Å². The molecule has 0 aromatic carbocycles. The first-order chi connectivity index (χ1) is 8.50. The molecule has 0 saturated carbocycles. The molecule has 1 saturated heterocycles. The number of hydrogen-bond donors (Lipinski definition) is 2. The topological polar surface area (TPSA) is 70.0 Å². The zero-order chi connectivity index (χ0) is 13.8. The lowest BCUT2D eigenvalue weighted by atomic mass is 10.3. The van der Waals surface area contributed by atoms with Crippen LogP contribution in [0.4, 0.5) is 0 Å². The second-order valence-corrected chi connectivity index (χ2v) is 4.30. The van der Waals surface area contributed by atoms with E-state index in [4.69, 9.17) is 0 Å². The molecule has 6 nitrogen and oxygen atoms in total. The molecule has 6 heteroatoms. The van der Waals surface area contributed by atoms with Crippen LogP contribution in [0.3, 0.4) is 0 Å². The SMILES string of the molecule is C=CCN1C[N+]([O-])(CC=C)C(O)N(CC=C)C1O. The molecule has 102 valence electrons. The van der Waals surface area contributed by atoms with Crippen molar-refractivity contribution >= 4 is 0 Å². The van der Waals surface area contributed by atoms with Gasteiger partial charge < -0.3 is 20.1 Å². The van der Waals surface area contributed by atoms with Crippen molar-refractivity contribution < 1.29 is 14.9 Å². The van der Waals surface area contributed by atoms with Crippen molar-refractivity contribution in [2.45, 2.75) is 12.7 Å². The summed E-state index contributed by atoms with van der Waals surface area (Å²) in [6.45, 7) is 11.3. The van der Waals surface area contributed by atoms with Crippen LogP contribution >= 0.6 is 0 Å². The van der Waals surface area contributed by atoms with Gasteiger partial charge in [-0.2, -0.15) is 4.90 Å². The second kappa shape index (κ2) is 6.24. The molecule has 0 spiro atoms. The maximum Gasteiger partial charge on any atom is 0.257 e. The van der Waals surface area contributed by atoms with Gasteiger partial charge in [-0.1, -0.05) is 18.7 Å². The standard InChI is InChI=1S/C12H21N3O3/c1-4-7-13-10-15(18,9-6-3)12(17)14(8-5-2)11(13)16/h4-6,11-12,16-17H,1-3,7-10H2. The van der Waals surface area contributed by atoms with Gasteiger partial charge in [0, 0.05) is 13.1 Å². The van der Waals surface area contributed by atoms with Crippen LogP contribution in [-0.2, 0) is 0 Å². The van der Waals surface area contributed by atoms with E-state index in [1.54, 1.807) is 11.0 Å². The van der Waals surface area contributed by atoms with Gasteiger partial charge >= 0.3 is 0 Å². The van der Waals surface area contributed by atoms with Gasteiger partial charge in [0.15, 0.2) is 6.35 Å². The monoisotopic (exact) mass is 255 g/mol. The molecule has 18 heavy (non-hydrogen) atoms. The second-order valence-electron chi connectivity index (χ2n) is 4.30. The highest BCUT2D eigenvalue weighted by molar-refractivity contribution is 4.82. The zero-order valence-electron chi connectivity index (χ0n) is 10.5. The van der Waals surface area contributed by atoms with E-state index in [1.807, 2.05) is 0 Å². The van der Waals surface area contributed by atoms with Gasteiger partial charge in [0.2, 0.25) is 0 Å². The molecular formula is C12H21N3O3. The Balaban J connectivity index is 2.98. The molecule has 0 aromatic rings. The van der Waals surface area contributed by atoms with E-state index < -0.39 is 17.4 Å². The largest absolute Gasteiger partial charge is 0.629 e. The predicted molar refractivity (Wildman–Crippen MR) is 69.4 cm³/mol. The Morgan fingerprint density at radius 3 is 2.28 bits per heavy atom. The maximum absolute atomic E-state index is 12.5. The van der Waals surface area contributed by atoms with Crippen molar-refractivity contribution in [1.82, 2.24) is 9.80 Å². The fraction of sp³-hybridized carbons (Fsp3) is 0.500. The highest BCUT2D eigenvalue weighted by atomic mass is 16.6. The Labute approximate surface area is 108 Å². The van der Waals surface area contributed by atoms with Crippen molar-refractivity contribution in [2.75, 3.05) is 26.3 Å². The summed E-state index contributed by atoms with van der Waals surface area (Å²) in [6.07, 6.45) is 2.23. The molecule has 1 aliphatic heterocycles. The first-order valence-corrected chi connectivity index (χ1v) is 5.76. The summed E-state index contributed by atoms with van der Waals surface area (Å²) in [5, 5.41) is 32.7. The van der Waals surface area contributed by atoms with Gasteiger partial charge in [-0.25, -0.2) is 4.90 Å². The molecule has 0 aromatic heterocycles. The molecule has 1 fully saturated rings. The van der Waals surface area contributed by atoms with E-state index in [0.717, 1.165) is 0 Å². The summed E-state index contributed by atoms with van der Waals surface area (Å²) in [5.74, 6) is 0. The number of aliphatic hydroxyl groups excluding tert-OH is 2. The quantitative estimate of drug-likeness (QED) is 0.397. The Morgan fingerprint density at radius 1 is 1.17 bits per heavy atom. The van der Waals surface area contributed by atoms with E-state index in [0.29, 0.717) is 6.54 Å². The molecule has 3 atom stereocenters. The molecule has 2 N–H and O–H groups in total. The lowest BCUT2D eigenvalue weighted by Gasteiger charge is -2.56. The van der Waals surface area contributed by atoms with E-state index in [1.165, 1.54) is 17.1 Å². The number of nitrogens with zero attached hydrogens (tertiary/aromatic N) is 3. The highest BCUT2D eigenvalue weighted by Crippen LogP contribution is 2.24. The summed E-state index contributed by atoms with van der Waals surface area (Å²) in [5.41, 5.74) is 0. The van der Waals surface area contributed by atoms with Gasteiger partial charge in [0.05, 0.1) is 0 Å². The van der Waals surface area contributed by atoms with Gasteiger partial charge in [-0.05, 0) is 6.08 Å². The third-order valence-corrected chi connectivity index (χ3v) is 2.90. The van der Waals surface area contributed by atoms with Crippen molar-refractivity contribution in [1.29, 1.82) is 0 Å². The van der Waals surface area contributed by atoms with Crippen LogP contribution in [-0.4, -0.2) is 63.7 Å². The van der Waals surface area contributed by atoms with E-state index in [9.17, 15) is 15.4 Å². The van der Waals surface area contributed by atoms with E-state index in [2.05, 4.69) is 19.7 Å². The minimum atomic E-state index is -1.34. The van der Waals surface area contributed by atoms with Crippen molar-refractivity contribution in [3.8, 4) is 0 Å². The number of hydrogen-bond acceptors (Lipinski definition) is 5. The Kier molecular flexibility index (Phi) is 5.21. The van der Waals surface area contributed by atoms with Crippen LogP contribution in [0, 0.1) is 5.21 Å².